The summed E-state index contributed by atoms with van der Waals surface area (Å²) >= 11 is 0. The maximum Gasteiger partial charge on any atom is 0.234 e. The second-order valence-corrected chi connectivity index (χ2v) is 8.87. The Hall–Kier alpha value is -2.70. The minimum Gasteiger partial charge on any atom is -0.351 e. The van der Waals surface area contributed by atoms with Crippen molar-refractivity contribution in [2.45, 2.75) is 58.5 Å². The molecule has 1 atom stereocenters. The van der Waals surface area contributed by atoms with Gasteiger partial charge in [0.1, 0.15) is 5.69 Å². The number of nitrogens with zero attached hydrogens (tertiary/aromatic N) is 5. The maximum atomic E-state index is 13.1. The molecule has 7 nitrogen and oxygen atoms in total. The van der Waals surface area contributed by atoms with E-state index in [1.807, 2.05) is 39.2 Å². The molecule has 0 bridgehead atoms. The Balaban J connectivity index is 1.70. The summed E-state index contributed by atoms with van der Waals surface area (Å²) in [4.78, 5) is 30.8. The van der Waals surface area contributed by atoms with E-state index in [1.165, 1.54) is 12.8 Å². The molecule has 2 aliphatic rings. The normalized spacial score (nSPS) is 20.3. The van der Waals surface area contributed by atoms with Gasteiger partial charge in [-0.3, -0.25) is 9.78 Å². The summed E-state index contributed by atoms with van der Waals surface area (Å²) in [5, 5.41) is 3.39. The monoisotopic (exact) mass is 394 g/mol. The number of pyridine rings is 1. The van der Waals surface area contributed by atoms with E-state index in [2.05, 4.69) is 27.1 Å². The van der Waals surface area contributed by atoms with Crippen LogP contribution in [0.3, 0.4) is 0 Å². The predicted octanol–water partition coefficient (Wildman–Crippen LogP) is 3.80. The zero-order chi connectivity index (χ0) is 20.6. The van der Waals surface area contributed by atoms with Gasteiger partial charge >= 0.3 is 0 Å². The predicted molar refractivity (Wildman–Crippen MR) is 115 cm³/mol. The van der Waals surface area contributed by atoms with Crippen LogP contribution in [-0.4, -0.2) is 40.5 Å². The van der Waals surface area contributed by atoms with E-state index in [9.17, 15) is 4.79 Å². The van der Waals surface area contributed by atoms with Crippen LogP contribution in [-0.2, 0) is 4.79 Å². The minimum absolute atomic E-state index is 0.0308. The van der Waals surface area contributed by atoms with Crippen LogP contribution in [0.2, 0.25) is 0 Å². The fourth-order valence-electron chi connectivity index (χ4n) is 4.44. The molecule has 1 amide bonds. The molecule has 1 N–H and O–H groups in total. The lowest BCUT2D eigenvalue weighted by Gasteiger charge is -2.34. The van der Waals surface area contributed by atoms with Crippen LogP contribution >= 0.6 is 0 Å². The van der Waals surface area contributed by atoms with E-state index in [-0.39, 0.29) is 11.9 Å². The SMILES string of the molecule is C[C@@H](Nc1ncc2c(n1)N(C1CCCC1)CC(C)(C)C(=O)N2C)c1cccnc1. The average Bonchev–Trinajstić information content (AvgIpc) is 3.24. The third-order valence-corrected chi connectivity index (χ3v) is 6.13. The molecule has 0 saturated heterocycles. The molecular formula is C22H30N6O. The smallest absolute Gasteiger partial charge is 0.234 e. The number of carbonyl (C=O) groups excluding carboxylic acids is 1. The van der Waals surface area contributed by atoms with Crippen molar-refractivity contribution in [2.24, 2.45) is 5.41 Å². The van der Waals surface area contributed by atoms with Crippen molar-refractivity contribution in [3.8, 4) is 0 Å². The van der Waals surface area contributed by atoms with Gasteiger partial charge in [0, 0.05) is 32.0 Å². The van der Waals surface area contributed by atoms with E-state index in [0.29, 0.717) is 18.5 Å². The van der Waals surface area contributed by atoms with Gasteiger partial charge < -0.3 is 15.1 Å². The Morgan fingerprint density at radius 2 is 2.00 bits per heavy atom. The van der Waals surface area contributed by atoms with Gasteiger partial charge in [-0.25, -0.2) is 4.98 Å². The van der Waals surface area contributed by atoms with Crippen LogP contribution in [0.4, 0.5) is 17.5 Å². The first kappa shape index (κ1) is 19.6. The molecule has 2 aromatic rings. The Bertz CT molecular complexity index is 878. The Kier molecular flexibility index (Phi) is 5.15. The molecule has 2 aromatic heterocycles. The van der Waals surface area contributed by atoms with Crippen LogP contribution in [0.15, 0.2) is 30.7 Å². The van der Waals surface area contributed by atoms with Crippen molar-refractivity contribution >= 4 is 23.4 Å². The standard InChI is InChI=1S/C22H30N6O/c1-15(16-8-7-11-23-12-16)25-21-24-13-18-19(26-21)28(17-9-5-6-10-17)14-22(2,3)20(29)27(18)4/h7-8,11-13,15,17H,5-6,9-10,14H2,1-4H3,(H,24,25,26)/t15-/m1/s1. The van der Waals surface area contributed by atoms with Gasteiger partial charge in [-0.15, -0.1) is 0 Å². The molecule has 0 unspecified atom stereocenters. The van der Waals surface area contributed by atoms with Gasteiger partial charge in [-0.05, 0) is 45.2 Å². The number of nitrogens with one attached hydrogen (secondary N) is 1. The Morgan fingerprint density at radius 3 is 2.69 bits per heavy atom. The third kappa shape index (κ3) is 3.78. The van der Waals surface area contributed by atoms with Gasteiger partial charge in [-0.1, -0.05) is 18.9 Å². The number of hydrogen-bond acceptors (Lipinski definition) is 6. The number of rotatable bonds is 4. The number of carbonyl (C=O) groups is 1. The highest BCUT2D eigenvalue weighted by atomic mass is 16.2. The zero-order valence-electron chi connectivity index (χ0n) is 17.7. The first-order valence-corrected chi connectivity index (χ1v) is 10.4. The van der Waals surface area contributed by atoms with E-state index < -0.39 is 5.41 Å². The number of aromatic nitrogens is 3. The minimum atomic E-state index is -0.478. The molecule has 4 rings (SSSR count). The van der Waals surface area contributed by atoms with E-state index in [4.69, 9.17) is 4.98 Å². The second-order valence-electron chi connectivity index (χ2n) is 8.87. The number of anilines is 3. The van der Waals surface area contributed by atoms with E-state index in [1.54, 1.807) is 17.3 Å². The molecule has 1 fully saturated rings. The van der Waals surface area contributed by atoms with Crippen LogP contribution in [0, 0.1) is 5.41 Å². The summed E-state index contributed by atoms with van der Waals surface area (Å²) in [7, 11) is 1.83. The van der Waals surface area contributed by atoms with Crippen molar-refractivity contribution in [1.29, 1.82) is 0 Å². The fraction of sp³-hybridized carbons (Fsp3) is 0.545. The molecule has 29 heavy (non-hydrogen) atoms. The summed E-state index contributed by atoms with van der Waals surface area (Å²) in [5.41, 5.74) is 1.38. The molecule has 0 radical (unpaired) electrons. The molecule has 3 heterocycles. The lowest BCUT2D eigenvalue weighted by molar-refractivity contribution is -0.125. The topological polar surface area (TPSA) is 74.2 Å². The summed E-state index contributed by atoms with van der Waals surface area (Å²) < 4.78 is 0. The number of fused-ring (bicyclic) bond motifs is 1. The van der Waals surface area contributed by atoms with Crippen LogP contribution < -0.4 is 15.1 Å². The highest BCUT2D eigenvalue weighted by molar-refractivity contribution is 6.00. The number of amides is 1. The maximum absolute atomic E-state index is 13.1. The van der Waals surface area contributed by atoms with E-state index >= 15 is 0 Å². The quantitative estimate of drug-likeness (QED) is 0.850. The third-order valence-electron chi connectivity index (χ3n) is 6.13. The molecule has 1 saturated carbocycles. The average molecular weight is 395 g/mol. The molecule has 154 valence electrons. The van der Waals surface area contributed by atoms with E-state index in [0.717, 1.165) is 29.9 Å². The lowest BCUT2D eigenvalue weighted by Crippen LogP contribution is -2.45. The van der Waals surface area contributed by atoms with Gasteiger partial charge in [0.25, 0.3) is 0 Å². The largest absolute Gasteiger partial charge is 0.351 e. The molecule has 1 aliphatic carbocycles. The highest BCUT2D eigenvalue weighted by Crippen LogP contribution is 2.40. The van der Waals surface area contributed by atoms with Gasteiger partial charge in [0.2, 0.25) is 11.9 Å². The summed E-state index contributed by atoms with van der Waals surface area (Å²) in [6.45, 7) is 6.79. The summed E-state index contributed by atoms with van der Waals surface area (Å²) in [6, 6.07) is 4.41. The second kappa shape index (κ2) is 7.61. The van der Waals surface area contributed by atoms with Crippen LogP contribution in [0.5, 0.6) is 0 Å². The number of hydrogen-bond donors (Lipinski definition) is 1. The molecule has 7 heteroatoms. The zero-order valence-corrected chi connectivity index (χ0v) is 17.7. The van der Waals surface area contributed by atoms with Crippen molar-refractivity contribution in [3.63, 3.8) is 0 Å². The lowest BCUT2D eigenvalue weighted by atomic mass is 9.91. The highest BCUT2D eigenvalue weighted by Gasteiger charge is 2.41. The van der Waals surface area contributed by atoms with Crippen molar-refractivity contribution in [3.05, 3.63) is 36.3 Å². The Morgan fingerprint density at radius 1 is 1.24 bits per heavy atom. The van der Waals surface area contributed by atoms with Crippen molar-refractivity contribution in [1.82, 2.24) is 15.0 Å². The molecular weight excluding hydrogens is 364 g/mol. The molecule has 1 aliphatic heterocycles. The first-order chi connectivity index (χ1) is 13.9. The van der Waals surface area contributed by atoms with Crippen LogP contribution in [0.1, 0.15) is 58.1 Å². The van der Waals surface area contributed by atoms with Gasteiger partial charge in [0.15, 0.2) is 5.82 Å². The Labute approximate surface area is 172 Å². The summed E-state index contributed by atoms with van der Waals surface area (Å²) in [5.74, 6) is 1.53. The van der Waals surface area contributed by atoms with Crippen molar-refractivity contribution in [2.75, 3.05) is 28.7 Å². The molecule has 0 spiro atoms. The molecule has 0 aromatic carbocycles. The van der Waals surface area contributed by atoms with Crippen LogP contribution in [0.25, 0.3) is 0 Å². The fourth-order valence-corrected chi connectivity index (χ4v) is 4.44. The van der Waals surface area contributed by atoms with Crippen molar-refractivity contribution < 1.29 is 4.79 Å². The first-order valence-electron chi connectivity index (χ1n) is 10.4. The van der Waals surface area contributed by atoms with Gasteiger partial charge in [0.05, 0.1) is 17.7 Å². The van der Waals surface area contributed by atoms with Gasteiger partial charge in [-0.2, -0.15) is 4.98 Å². The summed E-state index contributed by atoms with van der Waals surface area (Å²) in [6.07, 6.45) is 10.1.